The van der Waals surface area contributed by atoms with E-state index >= 15 is 0 Å². The minimum Gasteiger partial charge on any atom is -0.484 e. The Labute approximate surface area is 107 Å². The Balaban J connectivity index is 1.92. The topological polar surface area (TPSA) is 36.3 Å². The molecular formula is C12H19ClN2O2. The molecule has 1 aliphatic carbocycles. The molecule has 1 heterocycles. The van der Waals surface area contributed by atoms with Crippen LogP contribution in [-0.2, 0) is 4.74 Å². The molecule has 3 unspecified atom stereocenters. The summed E-state index contributed by atoms with van der Waals surface area (Å²) in [6.45, 7) is 6.80. The fourth-order valence-corrected chi connectivity index (χ4v) is 2.30. The van der Waals surface area contributed by atoms with Crippen LogP contribution in [0, 0.1) is 0 Å². The molecule has 1 saturated carbocycles. The highest BCUT2D eigenvalue weighted by molar-refractivity contribution is 6.21. The maximum absolute atomic E-state index is 6.08. The van der Waals surface area contributed by atoms with Crippen LogP contribution in [0.4, 0.5) is 0 Å². The number of nitrogens with zero attached hydrogens (tertiary/aromatic N) is 2. The molecule has 96 valence electrons. The van der Waals surface area contributed by atoms with Gasteiger partial charge in [-0.2, -0.15) is 5.10 Å². The Kier molecular flexibility index (Phi) is 3.94. The third-order valence-electron chi connectivity index (χ3n) is 2.93. The van der Waals surface area contributed by atoms with Gasteiger partial charge in [0.2, 0.25) is 0 Å². The Morgan fingerprint density at radius 2 is 2.35 bits per heavy atom. The Bertz CT molecular complexity index is 367. The van der Waals surface area contributed by atoms with Gasteiger partial charge in [-0.1, -0.05) is 0 Å². The number of aromatic nitrogens is 2. The Morgan fingerprint density at radius 1 is 1.59 bits per heavy atom. The summed E-state index contributed by atoms with van der Waals surface area (Å²) < 4.78 is 13.2. The second-order valence-corrected chi connectivity index (χ2v) is 5.14. The number of rotatable bonds is 5. The van der Waals surface area contributed by atoms with E-state index in [0.717, 1.165) is 12.2 Å². The van der Waals surface area contributed by atoms with Gasteiger partial charge in [0.05, 0.1) is 17.8 Å². The van der Waals surface area contributed by atoms with Crippen molar-refractivity contribution in [3.8, 4) is 5.75 Å². The third-order valence-corrected chi connectivity index (χ3v) is 3.36. The molecule has 0 aliphatic heterocycles. The maximum Gasteiger partial charge on any atom is 0.157 e. The van der Waals surface area contributed by atoms with E-state index in [0.29, 0.717) is 12.6 Å². The van der Waals surface area contributed by atoms with Gasteiger partial charge in [0.15, 0.2) is 5.75 Å². The van der Waals surface area contributed by atoms with Crippen molar-refractivity contribution in [2.45, 2.75) is 50.8 Å². The van der Waals surface area contributed by atoms with E-state index in [9.17, 15) is 0 Å². The van der Waals surface area contributed by atoms with Gasteiger partial charge in [0.1, 0.15) is 12.2 Å². The van der Waals surface area contributed by atoms with Crippen LogP contribution >= 0.6 is 11.6 Å². The molecule has 5 heteroatoms. The van der Waals surface area contributed by atoms with E-state index in [1.807, 2.05) is 17.8 Å². The van der Waals surface area contributed by atoms with Crippen LogP contribution in [0.2, 0.25) is 0 Å². The van der Waals surface area contributed by atoms with Crippen LogP contribution in [0.5, 0.6) is 5.75 Å². The zero-order valence-electron chi connectivity index (χ0n) is 10.5. The molecule has 4 nitrogen and oxygen atoms in total. The Morgan fingerprint density at radius 3 is 2.88 bits per heavy atom. The Hall–Kier alpha value is -0.740. The molecule has 3 atom stereocenters. The van der Waals surface area contributed by atoms with Crippen LogP contribution in [0.15, 0.2) is 12.4 Å². The van der Waals surface area contributed by atoms with E-state index in [1.54, 1.807) is 6.20 Å². The van der Waals surface area contributed by atoms with Gasteiger partial charge in [-0.15, -0.1) is 11.6 Å². The van der Waals surface area contributed by atoms with Crippen molar-refractivity contribution in [3.63, 3.8) is 0 Å². The normalized spacial score (nSPS) is 28.2. The molecule has 0 aromatic carbocycles. The van der Waals surface area contributed by atoms with Crippen molar-refractivity contribution >= 4 is 11.6 Å². The molecular weight excluding hydrogens is 240 g/mol. The summed E-state index contributed by atoms with van der Waals surface area (Å²) in [4.78, 5) is 0. The first-order valence-electron chi connectivity index (χ1n) is 6.08. The number of alkyl halides is 1. The standard InChI is InChI=1S/C12H19ClN2O2/c1-4-16-12-10(13)5-11(12)17-9-6-14-15(7-9)8(2)3/h6-8,10-12H,4-5H2,1-3H3. The van der Waals surface area contributed by atoms with Crippen molar-refractivity contribution in [1.29, 1.82) is 0 Å². The smallest absolute Gasteiger partial charge is 0.157 e. The van der Waals surface area contributed by atoms with Crippen LogP contribution in [0.3, 0.4) is 0 Å². The first-order valence-corrected chi connectivity index (χ1v) is 6.52. The average Bonchev–Trinajstić information content (AvgIpc) is 2.74. The van der Waals surface area contributed by atoms with Crippen LogP contribution < -0.4 is 4.74 Å². The predicted octanol–water partition coefficient (Wildman–Crippen LogP) is 2.63. The van der Waals surface area contributed by atoms with Gasteiger partial charge in [0.25, 0.3) is 0 Å². The minimum atomic E-state index is 0.00377. The van der Waals surface area contributed by atoms with Crippen molar-refractivity contribution in [1.82, 2.24) is 9.78 Å². The second-order valence-electron chi connectivity index (χ2n) is 4.58. The molecule has 0 spiro atoms. The highest BCUT2D eigenvalue weighted by atomic mass is 35.5. The van der Waals surface area contributed by atoms with Crippen LogP contribution in [-0.4, -0.2) is 34.0 Å². The van der Waals surface area contributed by atoms with Gasteiger partial charge in [-0.25, -0.2) is 0 Å². The summed E-state index contributed by atoms with van der Waals surface area (Å²) >= 11 is 6.08. The maximum atomic E-state index is 6.08. The van der Waals surface area contributed by atoms with E-state index in [-0.39, 0.29) is 17.6 Å². The summed E-state index contributed by atoms with van der Waals surface area (Å²) in [7, 11) is 0. The number of hydrogen-bond acceptors (Lipinski definition) is 3. The number of hydrogen-bond donors (Lipinski definition) is 0. The lowest BCUT2D eigenvalue weighted by molar-refractivity contribution is -0.0760. The lowest BCUT2D eigenvalue weighted by Crippen LogP contribution is -2.52. The fourth-order valence-electron chi connectivity index (χ4n) is 1.89. The molecule has 17 heavy (non-hydrogen) atoms. The zero-order valence-corrected chi connectivity index (χ0v) is 11.2. The lowest BCUT2D eigenvalue weighted by Gasteiger charge is -2.40. The van der Waals surface area contributed by atoms with Gasteiger partial charge in [0, 0.05) is 19.1 Å². The van der Waals surface area contributed by atoms with E-state index < -0.39 is 0 Å². The highest BCUT2D eigenvalue weighted by Gasteiger charge is 2.42. The average molecular weight is 259 g/mol. The highest BCUT2D eigenvalue weighted by Crippen LogP contribution is 2.32. The quantitative estimate of drug-likeness (QED) is 0.762. The van der Waals surface area contributed by atoms with Gasteiger partial charge in [-0.05, 0) is 20.8 Å². The van der Waals surface area contributed by atoms with Crippen LogP contribution in [0.25, 0.3) is 0 Å². The fraction of sp³-hybridized carbons (Fsp3) is 0.750. The molecule has 2 rings (SSSR count). The summed E-state index contributed by atoms with van der Waals surface area (Å²) in [5.41, 5.74) is 0. The molecule has 0 radical (unpaired) electrons. The lowest BCUT2D eigenvalue weighted by atomic mass is 9.91. The molecule has 1 aromatic rings. The SMILES string of the molecule is CCOC1C(Cl)CC1Oc1cnn(C(C)C)c1. The molecule has 0 saturated heterocycles. The van der Waals surface area contributed by atoms with E-state index in [2.05, 4.69) is 18.9 Å². The summed E-state index contributed by atoms with van der Waals surface area (Å²) in [5, 5.41) is 4.30. The van der Waals surface area contributed by atoms with Crippen LogP contribution in [0.1, 0.15) is 33.2 Å². The van der Waals surface area contributed by atoms with Crippen molar-refractivity contribution in [3.05, 3.63) is 12.4 Å². The monoisotopic (exact) mass is 258 g/mol. The minimum absolute atomic E-state index is 0.00377. The van der Waals surface area contributed by atoms with Crippen molar-refractivity contribution in [2.24, 2.45) is 0 Å². The summed E-state index contributed by atoms with van der Waals surface area (Å²) in [5.74, 6) is 0.789. The van der Waals surface area contributed by atoms with Crippen molar-refractivity contribution in [2.75, 3.05) is 6.61 Å². The number of ether oxygens (including phenoxy) is 2. The second kappa shape index (κ2) is 5.27. The molecule has 0 amide bonds. The summed E-state index contributed by atoms with van der Waals surface area (Å²) in [6.07, 6.45) is 4.55. The molecule has 0 N–H and O–H groups in total. The first kappa shape index (κ1) is 12.7. The summed E-state index contributed by atoms with van der Waals surface area (Å²) in [6, 6.07) is 0.345. The van der Waals surface area contributed by atoms with Gasteiger partial charge >= 0.3 is 0 Å². The predicted molar refractivity (Wildman–Crippen MR) is 66.7 cm³/mol. The van der Waals surface area contributed by atoms with Crippen molar-refractivity contribution < 1.29 is 9.47 Å². The van der Waals surface area contributed by atoms with E-state index in [4.69, 9.17) is 21.1 Å². The van der Waals surface area contributed by atoms with Gasteiger partial charge < -0.3 is 9.47 Å². The van der Waals surface area contributed by atoms with Gasteiger partial charge in [-0.3, -0.25) is 4.68 Å². The third kappa shape index (κ3) is 2.75. The molecule has 1 aromatic heterocycles. The molecule has 1 aliphatic rings. The molecule has 0 bridgehead atoms. The molecule has 1 fully saturated rings. The van der Waals surface area contributed by atoms with E-state index in [1.165, 1.54) is 0 Å². The largest absolute Gasteiger partial charge is 0.484 e. The number of halogens is 1. The first-order chi connectivity index (χ1) is 8.11. The zero-order chi connectivity index (χ0) is 12.4.